The fourth-order valence-corrected chi connectivity index (χ4v) is 3.78. The van der Waals surface area contributed by atoms with Crippen molar-refractivity contribution in [2.75, 3.05) is 6.61 Å². The summed E-state index contributed by atoms with van der Waals surface area (Å²) in [5.41, 5.74) is 1.08. The molecule has 1 spiro atoms. The van der Waals surface area contributed by atoms with Crippen molar-refractivity contribution in [2.24, 2.45) is 11.3 Å². The lowest BCUT2D eigenvalue weighted by Gasteiger charge is -2.35. The van der Waals surface area contributed by atoms with Gasteiger partial charge in [-0.3, -0.25) is 0 Å². The van der Waals surface area contributed by atoms with E-state index in [0.29, 0.717) is 17.6 Å². The van der Waals surface area contributed by atoms with Gasteiger partial charge in [-0.05, 0) is 63.2 Å². The van der Waals surface area contributed by atoms with E-state index in [4.69, 9.17) is 4.74 Å². The Labute approximate surface area is 116 Å². The molecule has 2 nitrogen and oxygen atoms in total. The van der Waals surface area contributed by atoms with Crippen molar-refractivity contribution in [1.82, 2.24) is 0 Å². The van der Waals surface area contributed by atoms with Crippen LogP contribution >= 0.6 is 0 Å². The zero-order valence-electron chi connectivity index (χ0n) is 12.1. The summed E-state index contributed by atoms with van der Waals surface area (Å²) < 4.78 is 5.00. The van der Waals surface area contributed by atoms with Crippen LogP contribution in [0.4, 0.5) is 0 Å². The number of hydrogen-bond donors (Lipinski definition) is 0. The Bertz CT molecular complexity index is 369. The van der Waals surface area contributed by atoms with E-state index in [1.165, 1.54) is 38.5 Å². The summed E-state index contributed by atoms with van der Waals surface area (Å²) in [5, 5.41) is 0. The van der Waals surface area contributed by atoms with Gasteiger partial charge in [-0.2, -0.15) is 0 Å². The van der Waals surface area contributed by atoms with Gasteiger partial charge in [0.05, 0.1) is 6.61 Å². The molecule has 0 aromatic heterocycles. The van der Waals surface area contributed by atoms with Crippen LogP contribution < -0.4 is 0 Å². The number of carbonyl (C=O) groups is 1. The SMILES string of the molecule is C=C(CC[C@@H]1CCC[C@@]12C=CCCC2)C(=O)OCC. The molecule has 0 aromatic carbocycles. The van der Waals surface area contributed by atoms with Gasteiger partial charge in [0.15, 0.2) is 0 Å². The normalized spacial score (nSPS) is 29.6. The molecule has 19 heavy (non-hydrogen) atoms. The van der Waals surface area contributed by atoms with Crippen LogP contribution in [0.5, 0.6) is 0 Å². The molecule has 2 rings (SSSR count). The first-order valence-electron chi connectivity index (χ1n) is 7.70. The lowest BCUT2D eigenvalue weighted by molar-refractivity contribution is -0.138. The van der Waals surface area contributed by atoms with Gasteiger partial charge < -0.3 is 4.74 Å². The number of allylic oxidation sites excluding steroid dienone is 2. The third kappa shape index (κ3) is 3.29. The Hall–Kier alpha value is -1.05. The van der Waals surface area contributed by atoms with Gasteiger partial charge in [0.25, 0.3) is 0 Å². The van der Waals surface area contributed by atoms with E-state index >= 15 is 0 Å². The minimum Gasteiger partial charge on any atom is -0.463 e. The second-order valence-corrected chi connectivity index (χ2v) is 5.98. The smallest absolute Gasteiger partial charge is 0.333 e. The summed E-state index contributed by atoms with van der Waals surface area (Å²) in [6.45, 7) is 6.15. The van der Waals surface area contributed by atoms with Crippen LogP contribution in [-0.2, 0) is 9.53 Å². The number of carbonyl (C=O) groups excluding carboxylic acids is 1. The second kappa shape index (κ2) is 6.40. The summed E-state index contributed by atoms with van der Waals surface area (Å²) in [5.74, 6) is 0.518. The van der Waals surface area contributed by atoms with Crippen molar-refractivity contribution >= 4 is 5.97 Å². The van der Waals surface area contributed by atoms with E-state index in [-0.39, 0.29) is 5.97 Å². The number of ether oxygens (including phenoxy) is 1. The highest BCUT2D eigenvalue weighted by Gasteiger charge is 2.40. The maximum atomic E-state index is 11.6. The van der Waals surface area contributed by atoms with Crippen LogP contribution in [0.25, 0.3) is 0 Å². The van der Waals surface area contributed by atoms with E-state index in [9.17, 15) is 4.79 Å². The first kappa shape index (κ1) is 14.4. The molecule has 1 saturated carbocycles. The molecule has 0 bridgehead atoms. The van der Waals surface area contributed by atoms with E-state index < -0.39 is 0 Å². The quantitative estimate of drug-likeness (QED) is 0.416. The molecule has 2 heteroatoms. The van der Waals surface area contributed by atoms with Crippen LogP contribution in [0.15, 0.2) is 24.3 Å². The molecule has 0 N–H and O–H groups in total. The lowest BCUT2D eigenvalue weighted by Crippen LogP contribution is -2.25. The molecule has 2 aliphatic rings. The third-order valence-corrected chi connectivity index (χ3v) is 4.83. The predicted octanol–water partition coefficient (Wildman–Crippen LogP) is 4.41. The monoisotopic (exact) mass is 262 g/mol. The third-order valence-electron chi connectivity index (χ3n) is 4.83. The van der Waals surface area contributed by atoms with Gasteiger partial charge >= 0.3 is 5.97 Å². The van der Waals surface area contributed by atoms with Gasteiger partial charge in [-0.1, -0.05) is 25.2 Å². The maximum absolute atomic E-state index is 11.6. The molecule has 0 amide bonds. The molecule has 1 fully saturated rings. The first-order chi connectivity index (χ1) is 9.18. The highest BCUT2D eigenvalue weighted by atomic mass is 16.5. The van der Waals surface area contributed by atoms with Crippen LogP contribution in [0.2, 0.25) is 0 Å². The average molecular weight is 262 g/mol. The van der Waals surface area contributed by atoms with Crippen molar-refractivity contribution < 1.29 is 9.53 Å². The van der Waals surface area contributed by atoms with Crippen molar-refractivity contribution in [2.45, 2.75) is 58.3 Å². The van der Waals surface area contributed by atoms with Crippen molar-refractivity contribution in [3.8, 4) is 0 Å². The predicted molar refractivity (Wildman–Crippen MR) is 77.8 cm³/mol. The minimum absolute atomic E-state index is 0.214. The molecule has 0 saturated heterocycles. The molecule has 106 valence electrons. The standard InChI is InChI=1S/C17H26O2/c1-3-19-16(18)14(2)9-10-15-8-7-13-17(15)11-5-4-6-12-17/h5,11,15H,2-4,6-10,12-13H2,1H3/t15-,17-/m0/s1. The Morgan fingerprint density at radius 1 is 1.42 bits per heavy atom. The molecule has 2 atom stereocenters. The largest absolute Gasteiger partial charge is 0.463 e. The highest BCUT2D eigenvalue weighted by molar-refractivity contribution is 5.87. The number of esters is 1. The number of hydrogen-bond acceptors (Lipinski definition) is 2. The minimum atomic E-state index is -0.214. The summed E-state index contributed by atoms with van der Waals surface area (Å²) in [4.78, 5) is 11.6. The molecular formula is C17H26O2. The zero-order valence-corrected chi connectivity index (χ0v) is 12.1. The molecule has 2 aliphatic carbocycles. The highest BCUT2D eigenvalue weighted by Crippen LogP contribution is 2.51. The molecule has 0 heterocycles. The van der Waals surface area contributed by atoms with Crippen LogP contribution in [0, 0.1) is 11.3 Å². The van der Waals surface area contributed by atoms with Crippen molar-refractivity contribution in [3.63, 3.8) is 0 Å². The first-order valence-corrected chi connectivity index (χ1v) is 7.70. The van der Waals surface area contributed by atoms with E-state index in [0.717, 1.165) is 18.8 Å². The fourth-order valence-electron chi connectivity index (χ4n) is 3.78. The van der Waals surface area contributed by atoms with Crippen molar-refractivity contribution in [1.29, 1.82) is 0 Å². The van der Waals surface area contributed by atoms with Crippen LogP contribution in [0.1, 0.15) is 58.3 Å². The van der Waals surface area contributed by atoms with Crippen LogP contribution in [0.3, 0.4) is 0 Å². The molecule has 0 aliphatic heterocycles. The van der Waals surface area contributed by atoms with Crippen molar-refractivity contribution in [3.05, 3.63) is 24.3 Å². The summed E-state index contributed by atoms with van der Waals surface area (Å²) in [6, 6.07) is 0. The summed E-state index contributed by atoms with van der Waals surface area (Å²) in [6.07, 6.45) is 14.6. The Balaban J connectivity index is 1.88. The van der Waals surface area contributed by atoms with Gasteiger partial charge in [-0.25, -0.2) is 4.79 Å². The van der Waals surface area contributed by atoms with E-state index in [1.807, 2.05) is 6.92 Å². The van der Waals surface area contributed by atoms with Gasteiger partial charge in [0.2, 0.25) is 0 Å². The van der Waals surface area contributed by atoms with Gasteiger partial charge in [-0.15, -0.1) is 0 Å². The second-order valence-electron chi connectivity index (χ2n) is 5.98. The maximum Gasteiger partial charge on any atom is 0.333 e. The lowest BCUT2D eigenvalue weighted by atomic mass is 9.70. The zero-order chi connectivity index (χ0) is 13.7. The topological polar surface area (TPSA) is 26.3 Å². The van der Waals surface area contributed by atoms with E-state index in [1.54, 1.807) is 0 Å². The molecular weight excluding hydrogens is 236 g/mol. The van der Waals surface area contributed by atoms with Crippen LogP contribution in [-0.4, -0.2) is 12.6 Å². The molecule has 0 aromatic rings. The Kier molecular flexibility index (Phi) is 4.84. The summed E-state index contributed by atoms with van der Waals surface area (Å²) >= 11 is 0. The Morgan fingerprint density at radius 2 is 2.21 bits per heavy atom. The fraction of sp³-hybridized carbons (Fsp3) is 0.706. The van der Waals surface area contributed by atoms with E-state index in [2.05, 4.69) is 18.7 Å². The van der Waals surface area contributed by atoms with Gasteiger partial charge in [0.1, 0.15) is 0 Å². The van der Waals surface area contributed by atoms with Gasteiger partial charge in [0, 0.05) is 5.57 Å². The molecule has 0 radical (unpaired) electrons. The molecule has 0 unspecified atom stereocenters. The average Bonchev–Trinajstić information content (AvgIpc) is 2.79. The summed E-state index contributed by atoms with van der Waals surface area (Å²) in [7, 11) is 0. The number of rotatable bonds is 5. The Morgan fingerprint density at radius 3 is 2.89 bits per heavy atom.